The second-order valence-electron chi connectivity index (χ2n) is 27.0. The van der Waals surface area contributed by atoms with Crippen LogP contribution in [-0.2, 0) is 40.9 Å². The van der Waals surface area contributed by atoms with Gasteiger partial charge in [0.05, 0.1) is 0 Å². The summed E-state index contributed by atoms with van der Waals surface area (Å²) >= 11 is 0. The third-order valence-electron chi connectivity index (χ3n) is 11.0. The largest absolute Gasteiger partial charge is 0.586 e. The van der Waals surface area contributed by atoms with E-state index in [1.165, 1.54) is 45.0 Å². The lowest BCUT2D eigenvalue weighted by molar-refractivity contribution is -0.287. The first-order chi connectivity index (χ1) is 39.8. The van der Waals surface area contributed by atoms with Crippen LogP contribution in [0.4, 0.5) is 13.2 Å². The van der Waals surface area contributed by atoms with E-state index in [2.05, 4.69) is 254 Å². The van der Waals surface area contributed by atoms with Gasteiger partial charge in [-0.15, -0.1) is 8.78 Å². The van der Waals surface area contributed by atoms with Gasteiger partial charge >= 0.3 is 6.29 Å². The second kappa shape index (κ2) is 45.0. The van der Waals surface area contributed by atoms with Crippen molar-refractivity contribution in [1.82, 2.24) is 4.98 Å². The molecule has 2 heterocycles. The molecule has 0 amide bonds. The van der Waals surface area contributed by atoms with Crippen molar-refractivity contribution in [1.29, 1.82) is 0 Å². The Morgan fingerprint density at radius 1 is 0.407 bits per heavy atom. The lowest BCUT2D eigenvalue weighted by Gasteiger charge is -2.22. The molecule has 490 valence electrons. The van der Waals surface area contributed by atoms with Crippen LogP contribution in [0.25, 0.3) is 6.08 Å². The maximum Gasteiger partial charge on any atom is 0.586 e. The molecule has 3 nitrogen and oxygen atoms in total. The number of fused-ring (bicyclic) bond motifs is 3. The molecular formula is C80H132F3NO2. The number of hydrogen-bond donors (Lipinski definition) is 0. The van der Waals surface area contributed by atoms with Gasteiger partial charge < -0.3 is 9.47 Å². The second-order valence-corrected chi connectivity index (χ2v) is 27.0. The molecule has 0 radical (unpaired) electrons. The van der Waals surface area contributed by atoms with E-state index in [9.17, 15) is 13.2 Å². The molecule has 5 aromatic rings. The van der Waals surface area contributed by atoms with Crippen molar-refractivity contribution in [3.05, 3.63) is 190 Å². The van der Waals surface area contributed by atoms with E-state index in [4.69, 9.17) is 0 Å². The van der Waals surface area contributed by atoms with Crippen LogP contribution in [0.2, 0.25) is 0 Å². The summed E-state index contributed by atoms with van der Waals surface area (Å²) in [5, 5.41) is 0. The highest BCUT2D eigenvalue weighted by Crippen LogP contribution is 2.47. The van der Waals surface area contributed by atoms with Gasteiger partial charge in [-0.2, -0.15) is 0 Å². The molecule has 4 aromatic carbocycles. The van der Waals surface area contributed by atoms with Gasteiger partial charge in [-0.3, -0.25) is 4.98 Å². The van der Waals surface area contributed by atoms with E-state index < -0.39 is 12.0 Å². The fraction of sp³-hybridized carbons (Fsp3) is 0.562. The maximum absolute atomic E-state index is 14.0. The first-order valence-corrected chi connectivity index (χ1v) is 32.5. The van der Waals surface area contributed by atoms with E-state index in [0.717, 1.165) is 18.4 Å². The summed E-state index contributed by atoms with van der Waals surface area (Å²) in [7, 11) is 0. The Morgan fingerprint density at radius 3 is 1.19 bits per heavy atom. The highest BCUT2D eigenvalue weighted by molar-refractivity contribution is 5.59. The minimum Gasteiger partial charge on any atom is -0.395 e. The average molecular weight is 1200 g/mol. The summed E-state index contributed by atoms with van der Waals surface area (Å²) in [6.45, 7) is 68.8. The first kappa shape index (κ1) is 89.4. The fourth-order valence-corrected chi connectivity index (χ4v) is 7.48. The Morgan fingerprint density at radius 2 is 0.802 bits per heavy atom. The Kier molecular flexibility index (Phi) is 46.8. The lowest BCUT2D eigenvalue weighted by atomic mass is 9.82. The summed E-state index contributed by atoms with van der Waals surface area (Å²) < 4.78 is 48.6. The predicted octanol–water partition coefficient (Wildman–Crippen LogP) is 26.5. The van der Waals surface area contributed by atoms with Gasteiger partial charge in [0.15, 0.2) is 11.5 Å². The number of alkyl halides is 3. The lowest BCUT2D eigenvalue weighted by Crippen LogP contribution is -2.26. The van der Waals surface area contributed by atoms with Gasteiger partial charge in [0, 0.05) is 30.8 Å². The van der Waals surface area contributed by atoms with Crippen LogP contribution in [0.15, 0.2) is 146 Å². The minimum absolute atomic E-state index is 0.104. The molecule has 0 spiro atoms. The number of aromatic nitrogens is 1. The van der Waals surface area contributed by atoms with Gasteiger partial charge in [0.2, 0.25) is 0 Å². The standard InChI is InChI=1S/C14H19F.C11H12F2O2.C10H14.C9H13N.C9H8.C5H6.2C5H12.6C2H6/c1-13(2,3)12-7-5-6-10-8-14(4,15)9-11(10)12;1-10(2,3)7-5-4-6-8-9(7)15-11(12,13)14-8;1-10(2,3)9-7-5-4-6-8-9;1-9(2,3)8-4-6-10-7-5-8;1-2-5-9-7-3-6-8(9)4-1;1-2-4-5-3-1;2*1-5(2,3)4;6*1-2/h5-7H,8-9H2,1-4H3;4-6H,1-3H3;4-8H,1-3H3;4-7H,1-3H3;1-6H,7H2;1-4H,5H2;2*1-4H3;6*1-2H3. The molecule has 6 heteroatoms. The number of ether oxygens (including phenoxy) is 2. The van der Waals surface area contributed by atoms with Crippen LogP contribution in [0.1, 0.15) is 279 Å². The number of hydrogen-bond acceptors (Lipinski definition) is 3. The van der Waals surface area contributed by atoms with Crippen molar-refractivity contribution in [3.63, 3.8) is 0 Å². The molecule has 1 aliphatic heterocycles. The van der Waals surface area contributed by atoms with E-state index in [1.54, 1.807) is 19.1 Å². The van der Waals surface area contributed by atoms with Gasteiger partial charge in [-0.25, -0.2) is 4.39 Å². The number of nitrogens with zero attached hydrogens (tertiary/aromatic N) is 1. The summed E-state index contributed by atoms with van der Waals surface area (Å²) in [6.07, 6.45) is 16.3. The molecule has 1 unspecified atom stereocenters. The van der Waals surface area contributed by atoms with Crippen molar-refractivity contribution in [3.8, 4) is 11.5 Å². The zero-order chi connectivity index (χ0) is 68.4. The van der Waals surface area contributed by atoms with Crippen LogP contribution in [0.3, 0.4) is 0 Å². The molecule has 86 heavy (non-hydrogen) atoms. The highest BCUT2D eigenvalue weighted by Gasteiger charge is 2.45. The average Bonchev–Trinajstić information content (AvgIpc) is 4.22. The van der Waals surface area contributed by atoms with E-state index in [1.807, 2.05) is 116 Å². The Balaban J connectivity index is -0.000000290. The van der Waals surface area contributed by atoms with Gasteiger partial charge in [-0.05, 0) is 109 Å². The molecule has 3 aliphatic carbocycles. The highest BCUT2D eigenvalue weighted by atomic mass is 19.3. The van der Waals surface area contributed by atoms with Crippen LogP contribution in [-0.4, -0.2) is 16.9 Å². The van der Waals surface area contributed by atoms with Gasteiger partial charge in [-0.1, -0.05) is 343 Å². The molecule has 1 atom stereocenters. The number of benzene rings is 4. The number of pyridine rings is 1. The molecule has 0 saturated carbocycles. The Hall–Kier alpha value is -5.36. The monoisotopic (exact) mass is 1200 g/mol. The number of halogens is 3. The zero-order valence-corrected chi connectivity index (χ0v) is 61.7. The van der Waals surface area contributed by atoms with E-state index in [0.29, 0.717) is 29.1 Å². The smallest absolute Gasteiger partial charge is 0.395 e. The van der Waals surface area contributed by atoms with Crippen LogP contribution in [0, 0.1) is 10.8 Å². The van der Waals surface area contributed by atoms with Gasteiger partial charge in [0.25, 0.3) is 0 Å². The number of allylic oxidation sites excluding steroid dienone is 5. The fourth-order valence-electron chi connectivity index (χ4n) is 7.48. The predicted molar refractivity (Wildman–Crippen MR) is 382 cm³/mol. The topological polar surface area (TPSA) is 31.4 Å². The number of rotatable bonds is 0. The SMILES string of the molecule is C1=CCC=C1.C1=Cc2ccccc2C1.CC.CC.CC.CC.CC.CC.CC(C)(C)C.CC(C)(C)C.CC(C)(C)c1cccc2c1OC(F)(F)O2.CC(C)(C)c1ccccc1.CC(C)(C)c1ccncc1.CC1(F)Cc2cccc(C(C)(C)C)c2C1. The van der Waals surface area contributed by atoms with Crippen LogP contribution in [0.5, 0.6) is 11.5 Å². The van der Waals surface area contributed by atoms with E-state index >= 15 is 0 Å². The van der Waals surface area contributed by atoms with Crippen molar-refractivity contribution in [2.45, 2.75) is 288 Å². The van der Waals surface area contributed by atoms with Gasteiger partial charge in [0.1, 0.15) is 5.67 Å². The van der Waals surface area contributed by atoms with E-state index in [-0.39, 0.29) is 27.7 Å². The van der Waals surface area contributed by atoms with Crippen LogP contribution < -0.4 is 9.47 Å². The minimum atomic E-state index is -3.54. The number of para-hydroxylation sites is 1. The summed E-state index contributed by atoms with van der Waals surface area (Å²) in [5.74, 6) is 0.252. The van der Waals surface area contributed by atoms with Crippen molar-refractivity contribution in [2.24, 2.45) is 10.8 Å². The molecule has 0 N–H and O–H groups in total. The summed E-state index contributed by atoms with van der Waals surface area (Å²) in [5.41, 5.74) is 10.4. The zero-order valence-electron chi connectivity index (χ0n) is 61.7. The molecule has 1 aromatic heterocycles. The Labute approximate surface area is 531 Å². The summed E-state index contributed by atoms with van der Waals surface area (Å²) in [4.78, 5) is 3.96. The molecule has 0 fully saturated rings. The first-order valence-electron chi connectivity index (χ1n) is 32.5. The molecule has 0 bridgehead atoms. The molecule has 0 saturated heterocycles. The third-order valence-corrected chi connectivity index (χ3v) is 11.0. The summed E-state index contributed by atoms with van der Waals surface area (Å²) in [6, 6.07) is 34.3. The normalized spacial score (nSPS) is 14.5. The van der Waals surface area contributed by atoms with Crippen molar-refractivity contribution in [2.75, 3.05) is 0 Å². The van der Waals surface area contributed by atoms with Crippen molar-refractivity contribution < 1.29 is 22.6 Å². The maximum atomic E-state index is 14.0. The van der Waals surface area contributed by atoms with Crippen molar-refractivity contribution >= 4 is 6.08 Å². The molecule has 4 aliphatic rings. The molecule has 9 rings (SSSR count). The molecular weight excluding hydrogens is 1060 g/mol. The quantitative estimate of drug-likeness (QED) is 0.155. The van der Waals surface area contributed by atoms with Crippen LogP contribution >= 0.6 is 0 Å². The third kappa shape index (κ3) is 43.3. The Bertz CT molecular complexity index is 2350.